The van der Waals surface area contributed by atoms with Gasteiger partial charge in [0.25, 0.3) is 5.56 Å². The lowest BCUT2D eigenvalue weighted by Crippen LogP contribution is -2.34. The maximum Gasteiger partial charge on any atom is 0.328 e. The van der Waals surface area contributed by atoms with Crippen LogP contribution in [0.15, 0.2) is 39.9 Å². The van der Waals surface area contributed by atoms with E-state index in [4.69, 9.17) is 4.74 Å². The summed E-state index contributed by atoms with van der Waals surface area (Å²) in [5, 5.41) is 9.67. The average Bonchev–Trinajstić information content (AvgIpc) is 3.22. The van der Waals surface area contributed by atoms with Crippen molar-refractivity contribution in [2.45, 2.75) is 12.6 Å². The van der Waals surface area contributed by atoms with Crippen LogP contribution in [0.1, 0.15) is 12.0 Å². The van der Waals surface area contributed by atoms with E-state index in [1.54, 1.807) is 6.07 Å². The van der Waals surface area contributed by atoms with Crippen molar-refractivity contribution in [3.05, 3.63) is 62.6 Å². The first kappa shape index (κ1) is 22.4. The second kappa shape index (κ2) is 8.30. The quantitative estimate of drug-likeness (QED) is 0.574. The second-order valence-electron chi connectivity index (χ2n) is 7.37. The number of hydrogen-bond donors (Lipinski definition) is 2. The number of nitrogens with zero attached hydrogens (tertiary/aromatic N) is 3. The van der Waals surface area contributed by atoms with Crippen molar-refractivity contribution in [1.29, 1.82) is 5.26 Å². The van der Waals surface area contributed by atoms with Gasteiger partial charge in [-0.25, -0.2) is 13.6 Å². The third-order valence-electron chi connectivity index (χ3n) is 5.19. The van der Waals surface area contributed by atoms with Crippen molar-refractivity contribution in [3.8, 4) is 17.6 Å². The molecule has 1 atom stereocenters. The van der Waals surface area contributed by atoms with E-state index in [9.17, 15) is 32.0 Å². The summed E-state index contributed by atoms with van der Waals surface area (Å²) in [4.78, 5) is 26.6. The summed E-state index contributed by atoms with van der Waals surface area (Å²) in [6, 6.07) is 7.67. The molecule has 1 fully saturated rings. The topological polar surface area (TPSA) is 137 Å². The number of ether oxygens (including phenoxy) is 1. The number of aromatic nitrogens is 2. The predicted molar refractivity (Wildman–Crippen MR) is 115 cm³/mol. The number of benzene rings is 2. The average molecular weight is 477 g/mol. The Balaban J connectivity index is 1.72. The maximum atomic E-state index is 14.6. The smallest absolute Gasteiger partial charge is 0.328 e. The van der Waals surface area contributed by atoms with Crippen molar-refractivity contribution in [3.63, 3.8) is 0 Å². The number of H-pyrrole nitrogens is 1. The maximum absolute atomic E-state index is 14.6. The molecule has 0 saturated carbocycles. The fraction of sp³-hybridized carbons (Fsp3) is 0.250. The molecule has 172 valence electrons. The van der Waals surface area contributed by atoms with Crippen molar-refractivity contribution >= 4 is 26.8 Å². The van der Waals surface area contributed by atoms with E-state index in [1.807, 2.05) is 0 Å². The number of aromatic amines is 1. The molecule has 13 heteroatoms. The van der Waals surface area contributed by atoms with Crippen LogP contribution < -0.4 is 20.7 Å². The van der Waals surface area contributed by atoms with Crippen LogP contribution in [-0.2, 0) is 17.3 Å². The van der Waals surface area contributed by atoms with Gasteiger partial charge >= 0.3 is 15.9 Å². The Morgan fingerprint density at radius 2 is 2.03 bits per heavy atom. The van der Waals surface area contributed by atoms with Crippen LogP contribution in [0.2, 0.25) is 0 Å². The van der Waals surface area contributed by atoms with Crippen LogP contribution >= 0.6 is 0 Å². The Hall–Kier alpha value is -3.76. The van der Waals surface area contributed by atoms with Crippen LogP contribution in [0.25, 0.3) is 10.9 Å². The van der Waals surface area contributed by atoms with Crippen LogP contribution in [0, 0.1) is 17.1 Å². The molecule has 0 amide bonds. The highest BCUT2D eigenvalue weighted by molar-refractivity contribution is 7.90. The monoisotopic (exact) mass is 477 g/mol. The van der Waals surface area contributed by atoms with E-state index >= 15 is 0 Å². The molecule has 0 bridgehead atoms. The fourth-order valence-electron chi connectivity index (χ4n) is 3.43. The van der Waals surface area contributed by atoms with Gasteiger partial charge in [-0.3, -0.25) is 14.1 Å². The second-order valence-corrected chi connectivity index (χ2v) is 9.04. The van der Waals surface area contributed by atoms with Gasteiger partial charge in [0.1, 0.15) is 23.6 Å². The van der Waals surface area contributed by atoms with Gasteiger partial charge in [-0.05, 0) is 36.8 Å². The molecule has 0 unspecified atom stereocenters. The highest BCUT2D eigenvalue weighted by Crippen LogP contribution is 2.34. The molecule has 0 radical (unpaired) electrons. The van der Waals surface area contributed by atoms with Crippen molar-refractivity contribution in [1.82, 2.24) is 13.9 Å². The van der Waals surface area contributed by atoms with E-state index in [2.05, 4.69) is 9.71 Å². The first-order chi connectivity index (χ1) is 15.6. The number of rotatable bonds is 5. The van der Waals surface area contributed by atoms with E-state index in [-0.39, 0.29) is 41.9 Å². The van der Waals surface area contributed by atoms with Crippen LogP contribution in [0.4, 0.5) is 14.5 Å². The van der Waals surface area contributed by atoms with Gasteiger partial charge in [-0.1, -0.05) is 0 Å². The predicted octanol–water partition coefficient (Wildman–Crippen LogP) is 1.73. The zero-order chi connectivity index (χ0) is 23.9. The van der Waals surface area contributed by atoms with Gasteiger partial charge in [0.05, 0.1) is 16.6 Å². The largest absolute Gasteiger partial charge is 0.453 e. The normalized spacial score (nSPS) is 16.6. The number of fused-ring (bicyclic) bond motifs is 1. The number of hydrogen-bond acceptors (Lipinski definition) is 6. The molecule has 33 heavy (non-hydrogen) atoms. The van der Waals surface area contributed by atoms with E-state index < -0.39 is 44.8 Å². The molecule has 4 rings (SSSR count). The minimum atomic E-state index is -4.19. The van der Waals surface area contributed by atoms with Crippen molar-refractivity contribution in [2.75, 3.05) is 17.8 Å². The summed E-state index contributed by atoms with van der Waals surface area (Å²) in [5.41, 5.74) is -1.69. The van der Waals surface area contributed by atoms with Gasteiger partial charge in [-0.2, -0.15) is 18.0 Å². The number of nitrogens with one attached hydrogen (secondary N) is 2. The van der Waals surface area contributed by atoms with Crippen molar-refractivity contribution in [2.24, 2.45) is 7.05 Å². The van der Waals surface area contributed by atoms with Crippen LogP contribution in [0.3, 0.4) is 0 Å². The third kappa shape index (κ3) is 4.18. The molecule has 2 heterocycles. The summed E-state index contributed by atoms with van der Waals surface area (Å²) >= 11 is 0. The van der Waals surface area contributed by atoms with E-state index in [0.717, 1.165) is 21.0 Å². The van der Waals surface area contributed by atoms with Crippen LogP contribution in [0.5, 0.6) is 11.5 Å². The Morgan fingerprint density at radius 1 is 1.27 bits per heavy atom. The van der Waals surface area contributed by atoms with Gasteiger partial charge in [0, 0.05) is 20.1 Å². The SMILES string of the molecule is Cn1c(=O)[nH]c2ccc(Oc3c(F)ccc(NS(=O)(=O)N4CC[C@@H](F)C4)c3C#N)cc2c1=O. The molecule has 1 aliphatic heterocycles. The van der Waals surface area contributed by atoms with Gasteiger partial charge in [-0.15, -0.1) is 0 Å². The molecule has 2 aromatic carbocycles. The summed E-state index contributed by atoms with van der Waals surface area (Å²) in [6.45, 7) is -0.354. The Bertz CT molecular complexity index is 1530. The molecule has 10 nitrogen and oxygen atoms in total. The molecular weight excluding hydrogens is 460 g/mol. The minimum Gasteiger partial charge on any atom is -0.453 e. The molecule has 1 aromatic heterocycles. The Labute approximate surface area is 185 Å². The third-order valence-corrected chi connectivity index (χ3v) is 6.68. The molecule has 0 spiro atoms. The lowest BCUT2D eigenvalue weighted by atomic mass is 10.1. The van der Waals surface area contributed by atoms with Gasteiger partial charge < -0.3 is 9.72 Å². The standard InChI is InChI=1S/C20H17F2N5O5S/c1-26-19(28)13-8-12(2-4-16(13)24-20(26)29)32-18-14(9-23)17(5-3-15(18)22)25-33(30,31)27-7-6-11(21)10-27/h2-5,8,11,25H,6-7,10H2,1H3,(H,24,29)/t11-/m1/s1. The van der Waals surface area contributed by atoms with E-state index in [1.165, 1.54) is 25.2 Å². The fourth-order valence-corrected chi connectivity index (χ4v) is 4.71. The number of nitriles is 1. The van der Waals surface area contributed by atoms with Crippen molar-refractivity contribution < 1.29 is 21.9 Å². The summed E-state index contributed by atoms with van der Waals surface area (Å²) in [7, 11) is -2.91. The summed E-state index contributed by atoms with van der Waals surface area (Å²) in [5.74, 6) is -1.54. The highest BCUT2D eigenvalue weighted by atomic mass is 32.2. The highest BCUT2D eigenvalue weighted by Gasteiger charge is 2.32. The summed E-state index contributed by atoms with van der Waals surface area (Å²) < 4.78 is 62.5. The molecule has 2 N–H and O–H groups in total. The number of halogens is 2. The summed E-state index contributed by atoms with van der Waals surface area (Å²) in [6.07, 6.45) is -1.24. The zero-order valence-electron chi connectivity index (χ0n) is 17.1. The van der Waals surface area contributed by atoms with E-state index in [0.29, 0.717) is 0 Å². The first-order valence-electron chi connectivity index (χ1n) is 9.66. The molecule has 1 saturated heterocycles. The minimum absolute atomic E-state index is 0.0260. The molecule has 0 aliphatic carbocycles. The number of anilines is 1. The lowest BCUT2D eigenvalue weighted by molar-refractivity contribution is 0.343. The Kier molecular flexibility index (Phi) is 5.64. The lowest BCUT2D eigenvalue weighted by Gasteiger charge is -2.18. The molecule has 1 aliphatic rings. The molecule has 3 aromatic rings. The first-order valence-corrected chi connectivity index (χ1v) is 11.1. The Morgan fingerprint density at radius 3 is 2.70 bits per heavy atom. The number of alkyl halides is 1. The van der Waals surface area contributed by atoms with Crippen LogP contribution in [-0.4, -0.2) is 41.5 Å². The molecular formula is C20H17F2N5O5S. The van der Waals surface area contributed by atoms with Gasteiger partial charge in [0.2, 0.25) is 0 Å². The van der Waals surface area contributed by atoms with Gasteiger partial charge in [0.15, 0.2) is 11.6 Å². The zero-order valence-corrected chi connectivity index (χ0v) is 17.9.